The van der Waals surface area contributed by atoms with Crippen LogP contribution >= 0.6 is 0 Å². The predicted molar refractivity (Wildman–Crippen MR) is 122 cm³/mol. The Kier molecular flexibility index (Phi) is 9.50. The van der Waals surface area contributed by atoms with E-state index in [1.807, 2.05) is 0 Å². The third kappa shape index (κ3) is 6.29. The highest BCUT2D eigenvalue weighted by Crippen LogP contribution is 2.23. The molecule has 10 heteroatoms. The number of carbonyl (C=O) groups excluding carboxylic acids is 3. The first-order valence-corrected chi connectivity index (χ1v) is 10.4. The summed E-state index contributed by atoms with van der Waals surface area (Å²) in [5.74, 6) is 2.29. The number of anilines is 1. The minimum atomic E-state index is -0.829. The zero-order chi connectivity index (χ0) is 25.3. The highest BCUT2D eigenvalue weighted by molar-refractivity contribution is 6.43. The Morgan fingerprint density at radius 3 is 2.62 bits per heavy atom. The summed E-state index contributed by atoms with van der Waals surface area (Å²) in [6.45, 7) is 3.59. The number of aromatic nitrogens is 1. The van der Waals surface area contributed by atoms with Crippen molar-refractivity contribution in [3.63, 3.8) is 0 Å². The Balaban J connectivity index is 2.07. The number of ether oxygens (including phenoxy) is 1. The number of aliphatic hydroxyl groups is 1. The third-order valence-corrected chi connectivity index (χ3v) is 5.03. The summed E-state index contributed by atoms with van der Waals surface area (Å²) in [6, 6.07) is 5.30. The SMILES string of the molecule is Cc1c(C(=O)C(=O)NCCOCCC#CCO)c(C)n(C)c1C(=O)Nc1ccc(F)c(C#N)c1. The van der Waals surface area contributed by atoms with Crippen LogP contribution in [-0.4, -0.2) is 53.6 Å². The van der Waals surface area contributed by atoms with Crippen molar-refractivity contribution in [2.24, 2.45) is 7.05 Å². The van der Waals surface area contributed by atoms with Gasteiger partial charge in [0.15, 0.2) is 0 Å². The Hall–Kier alpha value is -3.99. The summed E-state index contributed by atoms with van der Waals surface area (Å²) >= 11 is 0. The van der Waals surface area contributed by atoms with Crippen molar-refractivity contribution in [3.05, 3.63) is 52.1 Å². The first-order valence-electron chi connectivity index (χ1n) is 10.4. The van der Waals surface area contributed by atoms with Crippen LogP contribution in [0.15, 0.2) is 18.2 Å². The number of benzene rings is 1. The summed E-state index contributed by atoms with van der Waals surface area (Å²) in [7, 11) is 1.59. The monoisotopic (exact) mass is 468 g/mol. The second-order valence-corrected chi connectivity index (χ2v) is 7.21. The highest BCUT2D eigenvalue weighted by Gasteiger charge is 2.28. The fourth-order valence-corrected chi connectivity index (χ4v) is 3.31. The standard InChI is InChI=1S/C24H25FN4O5/c1-15-20(22(31)24(33)27-9-12-34-11-6-4-5-10-30)16(2)29(3)21(15)23(32)28-18-7-8-19(25)17(13-18)14-26/h7-8,13,30H,6,9-12H2,1-3H3,(H,27,33)(H,28,32). The van der Waals surface area contributed by atoms with Gasteiger partial charge in [0.25, 0.3) is 17.6 Å². The van der Waals surface area contributed by atoms with Gasteiger partial charge >= 0.3 is 0 Å². The van der Waals surface area contributed by atoms with Crippen molar-refractivity contribution in [2.45, 2.75) is 20.3 Å². The quantitative estimate of drug-likeness (QED) is 0.222. The lowest BCUT2D eigenvalue weighted by molar-refractivity contribution is -0.117. The van der Waals surface area contributed by atoms with Crippen LogP contribution in [0.1, 0.15) is 44.1 Å². The zero-order valence-electron chi connectivity index (χ0n) is 19.1. The number of halogens is 1. The lowest BCUT2D eigenvalue weighted by Crippen LogP contribution is -2.34. The van der Waals surface area contributed by atoms with Crippen LogP contribution in [-0.2, 0) is 16.6 Å². The van der Waals surface area contributed by atoms with Crippen LogP contribution in [0, 0.1) is 42.8 Å². The molecule has 0 spiro atoms. The number of nitriles is 1. The first-order chi connectivity index (χ1) is 16.2. The van der Waals surface area contributed by atoms with Gasteiger partial charge in [-0.15, -0.1) is 0 Å². The maximum atomic E-state index is 13.5. The molecule has 178 valence electrons. The summed E-state index contributed by atoms with van der Waals surface area (Å²) < 4.78 is 20.3. The normalized spacial score (nSPS) is 10.1. The summed E-state index contributed by atoms with van der Waals surface area (Å²) in [6.07, 6.45) is 0.441. The second kappa shape index (κ2) is 12.3. The van der Waals surface area contributed by atoms with Gasteiger partial charge in [-0.2, -0.15) is 5.26 Å². The molecular weight excluding hydrogens is 443 g/mol. The van der Waals surface area contributed by atoms with Crippen molar-refractivity contribution in [3.8, 4) is 17.9 Å². The van der Waals surface area contributed by atoms with Crippen LogP contribution in [0.25, 0.3) is 0 Å². The molecule has 0 saturated carbocycles. The number of hydrogen-bond acceptors (Lipinski definition) is 6. The van der Waals surface area contributed by atoms with Crippen LogP contribution in [0.3, 0.4) is 0 Å². The Labute approximate surface area is 196 Å². The van der Waals surface area contributed by atoms with Gasteiger partial charge in [0.1, 0.15) is 24.2 Å². The zero-order valence-corrected chi connectivity index (χ0v) is 19.1. The third-order valence-electron chi connectivity index (χ3n) is 5.03. The van der Waals surface area contributed by atoms with Crippen LogP contribution < -0.4 is 10.6 Å². The van der Waals surface area contributed by atoms with Gasteiger partial charge in [0.05, 0.1) is 24.3 Å². The number of hydrogen-bond donors (Lipinski definition) is 3. The van der Waals surface area contributed by atoms with Gasteiger partial charge in [-0.1, -0.05) is 11.8 Å². The summed E-state index contributed by atoms with van der Waals surface area (Å²) in [4.78, 5) is 38.0. The molecule has 0 unspecified atom stereocenters. The van der Waals surface area contributed by atoms with Crippen molar-refractivity contribution < 1.29 is 28.6 Å². The molecule has 0 atom stereocenters. The number of rotatable bonds is 9. The maximum absolute atomic E-state index is 13.5. The van der Waals surface area contributed by atoms with Gasteiger partial charge in [0.2, 0.25) is 0 Å². The molecule has 9 nitrogen and oxygen atoms in total. The van der Waals surface area contributed by atoms with E-state index in [0.717, 1.165) is 6.07 Å². The minimum Gasteiger partial charge on any atom is -0.384 e. The molecule has 0 fully saturated rings. The number of nitrogens with one attached hydrogen (secondary N) is 2. The van der Waals surface area contributed by atoms with Crippen LogP contribution in [0.2, 0.25) is 0 Å². The lowest BCUT2D eigenvalue weighted by atomic mass is 10.0. The topological polar surface area (TPSA) is 133 Å². The number of ketones is 1. The molecule has 0 radical (unpaired) electrons. The van der Waals surface area contributed by atoms with Gasteiger partial charge in [-0.3, -0.25) is 14.4 Å². The van der Waals surface area contributed by atoms with Crippen molar-refractivity contribution >= 4 is 23.3 Å². The van der Waals surface area contributed by atoms with Gasteiger partial charge < -0.3 is 25.0 Å². The minimum absolute atomic E-state index is 0.113. The summed E-state index contributed by atoms with van der Waals surface area (Å²) in [5.41, 5.74) is 1.02. The van der Waals surface area contributed by atoms with Crippen molar-refractivity contribution in [1.29, 1.82) is 5.26 Å². The Morgan fingerprint density at radius 2 is 1.94 bits per heavy atom. The van der Waals surface area contributed by atoms with E-state index in [0.29, 0.717) is 24.3 Å². The molecule has 0 aliphatic heterocycles. The molecule has 3 N–H and O–H groups in total. The number of Topliss-reactive ketones (excluding diaryl/α,β-unsaturated/α-hetero) is 1. The second-order valence-electron chi connectivity index (χ2n) is 7.21. The van der Waals surface area contributed by atoms with E-state index in [2.05, 4.69) is 22.5 Å². The first kappa shape index (κ1) is 26.3. The van der Waals surface area contributed by atoms with Gasteiger partial charge in [-0.05, 0) is 37.6 Å². The number of carbonyl (C=O) groups is 3. The van der Waals surface area contributed by atoms with E-state index in [4.69, 9.17) is 15.1 Å². The van der Waals surface area contributed by atoms with E-state index in [9.17, 15) is 18.8 Å². The molecule has 0 aliphatic rings. The van der Waals surface area contributed by atoms with E-state index < -0.39 is 23.4 Å². The largest absolute Gasteiger partial charge is 0.384 e. The molecular formula is C24H25FN4O5. The van der Waals surface area contributed by atoms with Crippen molar-refractivity contribution in [1.82, 2.24) is 9.88 Å². The van der Waals surface area contributed by atoms with Gasteiger partial charge in [0, 0.05) is 31.4 Å². The molecule has 0 saturated heterocycles. The Bertz CT molecular complexity index is 1200. The van der Waals surface area contributed by atoms with Crippen LogP contribution in [0.5, 0.6) is 0 Å². The van der Waals surface area contributed by atoms with Gasteiger partial charge in [-0.25, -0.2) is 4.39 Å². The molecule has 1 aromatic carbocycles. The molecule has 2 rings (SSSR count). The molecule has 1 heterocycles. The van der Waals surface area contributed by atoms with E-state index in [1.165, 1.54) is 16.7 Å². The highest BCUT2D eigenvalue weighted by atomic mass is 19.1. The maximum Gasteiger partial charge on any atom is 0.292 e. The average molecular weight is 468 g/mol. The number of aliphatic hydroxyl groups excluding tert-OH is 1. The fourth-order valence-electron chi connectivity index (χ4n) is 3.31. The smallest absolute Gasteiger partial charge is 0.292 e. The lowest BCUT2D eigenvalue weighted by Gasteiger charge is -2.08. The van der Waals surface area contributed by atoms with E-state index >= 15 is 0 Å². The summed E-state index contributed by atoms with van der Waals surface area (Å²) in [5, 5.41) is 22.6. The average Bonchev–Trinajstić information content (AvgIpc) is 3.04. The molecule has 2 amide bonds. The molecule has 0 aliphatic carbocycles. The van der Waals surface area contributed by atoms with Crippen LogP contribution in [0.4, 0.5) is 10.1 Å². The molecule has 1 aromatic heterocycles. The number of nitrogens with zero attached hydrogens (tertiary/aromatic N) is 2. The molecule has 0 bridgehead atoms. The Morgan fingerprint density at radius 1 is 1.21 bits per heavy atom. The van der Waals surface area contributed by atoms with E-state index in [1.54, 1.807) is 27.0 Å². The van der Waals surface area contributed by atoms with E-state index in [-0.39, 0.29) is 42.3 Å². The molecule has 34 heavy (non-hydrogen) atoms. The fraction of sp³-hybridized carbons (Fsp3) is 0.333. The predicted octanol–water partition coefficient (Wildman–Crippen LogP) is 1.61. The molecule has 2 aromatic rings. The van der Waals surface area contributed by atoms with Crippen molar-refractivity contribution in [2.75, 3.05) is 31.7 Å². The number of amides is 2.